The van der Waals surface area contributed by atoms with Crippen LogP contribution in [0.4, 0.5) is 0 Å². The molecule has 25 heavy (non-hydrogen) atoms. The van der Waals surface area contributed by atoms with Gasteiger partial charge in [-0.1, -0.05) is 18.2 Å². The summed E-state index contributed by atoms with van der Waals surface area (Å²) in [5, 5.41) is 6.56. The van der Waals surface area contributed by atoms with Crippen LogP contribution >= 0.6 is 0 Å². The van der Waals surface area contributed by atoms with Crippen LogP contribution in [0.5, 0.6) is 0 Å². The number of carbonyl (C=O) groups excluding carboxylic acids is 2. The highest BCUT2D eigenvalue weighted by Gasteiger charge is 2.15. The highest BCUT2D eigenvalue weighted by atomic mass is 16.5. The van der Waals surface area contributed by atoms with Gasteiger partial charge in [0.1, 0.15) is 5.70 Å². The second-order valence-corrected chi connectivity index (χ2v) is 4.87. The molecule has 8 nitrogen and oxygen atoms in total. The largest absolute Gasteiger partial charge is 0.467 e. The average molecular weight is 342 g/mol. The fraction of sp³-hybridized carbons (Fsp3) is 0.176. The maximum absolute atomic E-state index is 12.2. The summed E-state index contributed by atoms with van der Waals surface area (Å²) in [6.07, 6.45) is 2.94. The SMILES string of the molecule is COC(=O)/C(=C/C=C1\N=C(OC)NN=C1C)NC(=O)c1ccccc1. The summed E-state index contributed by atoms with van der Waals surface area (Å²) in [7, 11) is 2.69. The molecule has 1 aliphatic rings. The van der Waals surface area contributed by atoms with Gasteiger partial charge in [-0.15, -0.1) is 0 Å². The Kier molecular flexibility index (Phi) is 6.05. The number of nitrogens with one attached hydrogen (secondary N) is 2. The first-order valence-corrected chi connectivity index (χ1v) is 7.35. The molecule has 2 rings (SSSR count). The van der Waals surface area contributed by atoms with Crippen LogP contribution in [0.25, 0.3) is 0 Å². The number of allylic oxidation sites excluding steroid dienone is 3. The Morgan fingerprint density at radius 2 is 1.92 bits per heavy atom. The number of amides is 1. The van der Waals surface area contributed by atoms with Crippen LogP contribution in [0.1, 0.15) is 17.3 Å². The van der Waals surface area contributed by atoms with Crippen molar-refractivity contribution < 1.29 is 19.1 Å². The number of methoxy groups -OCH3 is 2. The zero-order chi connectivity index (χ0) is 18.2. The van der Waals surface area contributed by atoms with Gasteiger partial charge in [-0.3, -0.25) is 4.79 Å². The number of aliphatic imine (C=N–C) groups is 1. The van der Waals surface area contributed by atoms with Gasteiger partial charge < -0.3 is 14.8 Å². The lowest BCUT2D eigenvalue weighted by Crippen LogP contribution is -2.28. The number of hydrazone groups is 1. The Morgan fingerprint density at radius 1 is 1.20 bits per heavy atom. The van der Waals surface area contributed by atoms with Crippen molar-refractivity contribution in [3.8, 4) is 0 Å². The quantitative estimate of drug-likeness (QED) is 0.635. The maximum Gasteiger partial charge on any atom is 0.354 e. The molecular formula is C17H18N4O4. The Balaban J connectivity index is 2.26. The molecule has 0 fully saturated rings. The first-order chi connectivity index (χ1) is 12.0. The van der Waals surface area contributed by atoms with Crippen molar-refractivity contribution in [1.82, 2.24) is 10.7 Å². The van der Waals surface area contributed by atoms with Gasteiger partial charge in [0.05, 0.1) is 25.6 Å². The number of hydrogen-bond donors (Lipinski definition) is 2. The second-order valence-electron chi connectivity index (χ2n) is 4.87. The summed E-state index contributed by atoms with van der Waals surface area (Å²) in [5.41, 5.74) is 4.08. The fourth-order valence-electron chi connectivity index (χ4n) is 1.87. The molecule has 0 saturated carbocycles. The lowest BCUT2D eigenvalue weighted by molar-refractivity contribution is -0.136. The molecule has 0 aromatic heterocycles. The number of benzene rings is 1. The van der Waals surface area contributed by atoms with E-state index in [-0.39, 0.29) is 11.7 Å². The molecule has 0 atom stereocenters. The molecule has 130 valence electrons. The van der Waals surface area contributed by atoms with Gasteiger partial charge in [0.2, 0.25) is 0 Å². The van der Waals surface area contributed by atoms with Crippen LogP contribution in [0.15, 0.2) is 64.0 Å². The maximum atomic E-state index is 12.2. The van der Waals surface area contributed by atoms with E-state index < -0.39 is 11.9 Å². The van der Waals surface area contributed by atoms with Gasteiger partial charge in [0, 0.05) is 5.56 Å². The third-order valence-electron chi connectivity index (χ3n) is 3.20. The Bertz CT molecular complexity index is 779. The van der Waals surface area contributed by atoms with Crippen molar-refractivity contribution in [3.05, 3.63) is 59.4 Å². The van der Waals surface area contributed by atoms with Crippen molar-refractivity contribution >= 4 is 23.6 Å². The Hall–Kier alpha value is -3.42. The molecule has 0 radical (unpaired) electrons. The molecule has 0 bridgehead atoms. The predicted molar refractivity (Wildman–Crippen MR) is 92.8 cm³/mol. The first kappa shape index (κ1) is 17.9. The zero-order valence-corrected chi connectivity index (χ0v) is 14.1. The molecule has 8 heteroatoms. The van der Waals surface area contributed by atoms with E-state index in [9.17, 15) is 9.59 Å². The van der Waals surface area contributed by atoms with Crippen LogP contribution in [-0.4, -0.2) is 37.8 Å². The minimum atomic E-state index is -0.680. The molecule has 0 unspecified atom stereocenters. The van der Waals surface area contributed by atoms with Crippen LogP contribution < -0.4 is 10.7 Å². The number of carbonyl (C=O) groups is 2. The first-order valence-electron chi connectivity index (χ1n) is 7.35. The molecule has 0 saturated heterocycles. The van der Waals surface area contributed by atoms with Crippen LogP contribution in [0.3, 0.4) is 0 Å². The lowest BCUT2D eigenvalue weighted by atomic mass is 10.2. The third-order valence-corrected chi connectivity index (χ3v) is 3.20. The van der Waals surface area contributed by atoms with Gasteiger partial charge in [-0.2, -0.15) is 10.1 Å². The molecule has 1 aromatic carbocycles. The van der Waals surface area contributed by atoms with Crippen molar-refractivity contribution in [2.24, 2.45) is 10.1 Å². The van der Waals surface area contributed by atoms with Gasteiger partial charge in [0.15, 0.2) is 0 Å². The van der Waals surface area contributed by atoms with E-state index in [1.807, 2.05) is 0 Å². The molecule has 1 aliphatic heterocycles. The molecule has 1 amide bonds. The van der Waals surface area contributed by atoms with Crippen molar-refractivity contribution in [1.29, 1.82) is 0 Å². The van der Waals surface area contributed by atoms with Crippen molar-refractivity contribution in [2.45, 2.75) is 6.92 Å². The van der Waals surface area contributed by atoms with Crippen LogP contribution in [0.2, 0.25) is 0 Å². The summed E-state index contributed by atoms with van der Waals surface area (Å²) in [6, 6.07) is 8.76. The van der Waals surface area contributed by atoms with Gasteiger partial charge in [-0.25, -0.2) is 10.2 Å². The summed E-state index contributed by atoms with van der Waals surface area (Å²) in [6.45, 7) is 1.74. The smallest absolute Gasteiger partial charge is 0.354 e. The van der Waals surface area contributed by atoms with E-state index in [1.165, 1.54) is 26.4 Å². The number of ether oxygens (including phenoxy) is 2. The Labute approximate surface area is 144 Å². The summed E-state index contributed by atoms with van der Waals surface area (Å²) < 4.78 is 9.68. The molecule has 1 aromatic rings. The average Bonchev–Trinajstić information content (AvgIpc) is 2.66. The van der Waals surface area contributed by atoms with E-state index in [0.29, 0.717) is 17.0 Å². The third kappa shape index (κ3) is 4.77. The zero-order valence-electron chi connectivity index (χ0n) is 14.1. The molecule has 2 N–H and O–H groups in total. The number of hydrogen-bond acceptors (Lipinski definition) is 7. The van der Waals surface area contributed by atoms with Gasteiger partial charge in [-0.05, 0) is 31.2 Å². The summed E-state index contributed by atoms with van der Waals surface area (Å²) >= 11 is 0. The molecule has 0 aliphatic carbocycles. The lowest BCUT2D eigenvalue weighted by Gasteiger charge is -2.12. The van der Waals surface area contributed by atoms with Gasteiger partial charge in [0.25, 0.3) is 5.91 Å². The molecule has 0 spiro atoms. The van der Waals surface area contributed by atoms with Gasteiger partial charge >= 0.3 is 12.0 Å². The molecular weight excluding hydrogens is 324 g/mol. The Morgan fingerprint density at radius 3 is 2.56 bits per heavy atom. The standard InChI is InChI=1S/C17H18N4O4/c1-11-13(19-17(25-3)21-20-11)9-10-14(16(23)24-2)18-15(22)12-7-5-4-6-8-12/h4-10H,1-3H3,(H,18,22)(H,19,21)/b13-9-,14-10-. The van der Waals surface area contributed by atoms with Crippen LogP contribution in [-0.2, 0) is 14.3 Å². The second kappa shape index (κ2) is 8.44. The minimum Gasteiger partial charge on any atom is -0.467 e. The van der Waals surface area contributed by atoms with E-state index in [2.05, 4.69) is 20.8 Å². The minimum absolute atomic E-state index is 0.0237. The number of rotatable bonds is 4. The fourth-order valence-corrected chi connectivity index (χ4v) is 1.87. The highest BCUT2D eigenvalue weighted by molar-refractivity contribution is 6.03. The topological polar surface area (TPSA) is 101 Å². The van der Waals surface area contributed by atoms with E-state index in [1.54, 1.807) is 37.3 Å². The summed E-state index contributed by atoms with van der Waals surface area (Å²) in [5.74, 6) is -1.10. The predicted octanol–water partition coefficient (Wildman–Crippen LogP) is 1.34. The van der Waals surface area contributed by atoms with Crippen molar-refractivity contribution in [2.75, 3.05) is 14.2 Å². The number of nitrogens with zero attached hydrogens (tertiary/aromatic N) is 2. The van der Waals surface area contributed by atoms with E-state index >= 15 is 0 Å². The number of amidine groups is 1. The monoisotopic (exact) mass is 342 g/mol. The summed E-state index contributed by atoms with van der Waals surface area (Å²) in [4.78, 5) is 28.3. The van der Waals surface area contributed by atoms with E-state index in [4.69, 9.17) is 9.47 Å². The van der Waals surface area contributed by atoms with Crippen LogP contribution in [0, 0.1) is 0 Å². The highest BCUT2D eigenvalue weighted by Crippen LogP contribution is 2.08. The number of esters is 1. The molecule has 1 heterocycles. The van der Waals surface area contributed by atoms with Crippen molar-refractivity contribution in [3.63, 3.8) is 0 Å². The van der Waals surface area contributed by atoms with E-state index in [0.717, 1.165) is 0 Å². The normalized spacial score (nSPS) is 15.6.